The number of aryl methyl sites for hydroxylation is 3. The van der Waals surface area contributed by atoms with Crippen molar-refractivity contribution in [3.05, 3.63) is 52.7 Å². The summed E-state index contributed by atoms with van der Waals surface area (Å²) in [4.78, 5) is 4.39. The highest BCUT2D eigenvalue weighted by Gasteiger charge is 2.10. The summed E-state index contributed by atoms with van der Waals surface area (Å²) >= 11 is 0. The molecule has 1 heterocycles. The molecular weight excluding hydrogens is 262 g/mol. The molecule has 0 fully saturated rings. The molecule has 112 valence electrons. The van der Waals surface area contributed by atoms with Crippen LogP contribution in [0.4, 0.5) is 0 Å². The number of hydrogen-bond donors (Lipinski definition) is 1. The van der Waals surface area contributed by atoms with E-state index in [4.69, 9.17) is 4.74 Å². The lowest BCUT2D eigenvalue weighted by molar-refractivity contribution is 0.274. The van der Waals surface area contributed by atoms with Crippen molar-refractivity contribution in [1.82, 2.24) is 4.98 Å². The van der Waals surface area contributed by atoms with E-state index in [9.17, 15) is 5.11 Å². The number of aliphatic hydroxyl groups is 1. The summed E-state index contributed by atoms with van der Waals surface area (Å²) in [5.41, 5.74) is 3.95. The second kappa shape index (κ2) is 7.23. The molecule has 0 aliphatic rings. The lowest BCUT2D eigenvalue weighted by Crippen LogP contribution is -1.99. The number of rotatable bonds is 6. The van der Waals surface area contributed by atoms with Crippen molar-refractivity contribution in [2.24, 2.45) is 0 Å². The SMILES string of the molecule is CCCCc1ccc(Oc2nc(C)cc(C)c2CO)cc1. The molecule has 2 rings (SSSR count). The second-order valence-electron chi connectivity index (χ2n) is 5.37. The van der Waals surface area contributed by atoms with E-state index >= 15 is 0 Å². The number of pyridine rings is 1. The monoisotopic (exact) mass is 285 g/mol. The second-order valence-corrected chi connectivity index (χ2v) is 5.37. The van der Waals surface area contributed by atoms with Crippen LogP contribution in [0.1, 0.15) is 42.1 Å². The lowest BCUT2D eigenvalue weighted by atomic mass is 10.1. The Bertz CT molecular complexity index is 591. The summed E-state index contributed by atoms with van der Waals surface area (Å²) in [5, 5.41) is 9.49. The van der Waals surface area contributed by atoms with E-state index in [1.165, 1.54) is 18.4 Å². The number of hydrogen-bond acceptors (Lipinski definition) is 3. The van der Waals surface area contributed by atoms with Gasteiger partial charge >= 0.3 is 0 Å². The number of unbranched alkanes of at least 4 members (excludes halogenated alkanes) is 1. The Kier molecular flexibility index (Phi) is 5.34. The molecule has 0 aliphatic heterocycles. The number of benzene rings is 1. The first-order chi connectivity index (χ1) is 10.1. The highest BCUT2D eigenvalue weighted by atomic mass is 16.5. The Morgan fingerprint density at radius 1 is 1.14 bits per heavy atom. The van der Waals surface area contributed by atoms with Crippen molar-refractivity contribution in [3.63, 3.8) is 0 Å². The molecule has 3 heteroatoms. The molecule has 1 N–H and O–H groups in total. The zero-order valence-corrected chi connectivity index (χ0v) is 13.0. The van der Waals surface area contributed by atoms with Crippen LogP contribution >= 0.6 is 0 Å². The van der Waals surface area contributed by atoms with Crippen LogP contribution in [0.5, 0.6) is 11.6 Å². The van der Waals surface area contributed by atoms with Crippen molar-refractivity contribution in [1.29, 1.82) is 0 Å². The highest BCUT2D eigenvalue weighted by Crippen LogP contribution is 2.26. The number of aliphatic hydroxyl groups excluding tert-OH is 1. The molecule has 0 atom stereocenters. The van der Waals surface area contributed by atoms with Crippen LogP contribution in [-0.2, 0) is 13.0 Å². The number of aromatic nitrogens is 1. The van der Waals surface area contributed by atoms with Gasteiger partial charge in [0.15, 0.2) is 0 Å². The molecule has 0 radical (unpaired) electrons. The van der Waals surface area contributed by atoms with E-state index in [0.717, 1.165) is 29.0 Å². The van der Waals surface area contributed by atoms with E-state index in [2.05, 4.69) is 24.0 Å². The van der Waals surface area contributed by atoms with Crippen LogP contribution in [0.3, 0.4) is 0 Å². The Labute approximate surface area is 126 Å². The Hall–Kier alpha value is -1.87. The molecule has 3 nitrogen and oxygen atoms in total. The van der Waals surface area contributed by atoms with Crippen LogP contribution in [0.15, 0.2) is 30.3 Å². The van der Waals surface area contributed by atoms with E-state index in [-0.39, 0.29) is 6.61 Å². The summed E-state index contributed by atoms with van der Waals surface area (Å²) in [6.07, 6.45) is 3.50. The first kappa shape index (κ1) is 15.5. The largest absolute Gasteiger partial charge is 0.439 e. The number of nitrogens with zero attached hydrogens (tertiary/aromatic N) is 1. The fraction of sp³-hybridized carbons (Fsp3) is 0.389. The van der Waals surface area contributed by atoms with Gasteiger partial charge in [-0.05, 0) is 56.0 Å². The molecule has 0 saturated heterocycles. The molecule has 0 unspecified atom stereocenters. The van der Waals surface area contributed by atoms with Gasteiger partial charge in [-0.1, -0.05) is 25.5 Å². The minimum absolute atomic E-state index is 0.0664. The maximum absolute atomic E-state index is 9.49. The zero-order chi connectivity index (χ0) is 15.2. The van der Waals surface area contributed by atoms with Gasteiger partial charge in [-0.3, -0.25) is 0 Å². The predicted octanol–water partition coefficient (Wildman–Crippen LogP) is 4.33. The smallest absolute Gasteiger partial charge is 0.225 e. The van der Waals surface area contributed by atoms with Crippen LogP contribution in [0.25, 0.3) is 0 Å². The molecule has 2 aromatic rings. The van der Waals surface area contributed by atoms with Gasteiger partial charge in [0.1, 0.15) is 5.75 Å². The van der Waals surface area contributed by atoms with Crippen molar-refractivity contribution in [2.75, 3.05) is 0 Å². The quantitative estimate of drug-likeness (QED) is 0.859. The van der Waals surface area contributed by atoms with E-state index < -0.39 is 0 Å². The lowest BCUT2D eigenvalue weighted by Gasteiger charge is -2.12. The molecule has 0 amide bonds. The molecular formula is C18H23NO2. The molecule has 21 heavy (non-hydrogen) atoms. The van der Waals surface area contributed by atoms with E-state index in [0.29, 0.717) is 5.88 Å². The van der Waals surface area contributed by atoms with Crippen molar-refractivity contribution >= 4 is 0 Å². The first-order valence-corrected chi connectivity index (χ1v) is 7.48. The molecule has 0 bridgehead atoms. The normalized spacial score (nSPS) is 10.7. The summed E-state index contributed by atoms with van der Waals surface area (Å²) in [6, 6.07) is 10.1. The summed E-state index contributed by atoms with van der Waals surface area (Å²) in [7, 11) is 0. The van der Waals surface area contributed by atoms with Gasteiger partial charge in [0, 0.05) is 11.3 Å². The van der Waals surface area contributed by atoms with Gasteiger partial charge in [-0.15, -0.1) is 0 Å². The highest BCUT2D eigenvalue weighted by molar-refractivity contribution is 5.39. The fourth-order valence-electron chi connectivity index (χ4n) is 2.32. The average molecular weight is 285 g/mol. The van der Waals surface area contributed by atoms with Crippen LogP contribution in [0.2, 0.25) is 0 Å². The Morgan fingerprint density at radius 2 is 1.86 bits per heavy atom. The summed E-state index contributed by atoms with van der Waals surface area (Å²) in [5.74, 6) is 1.25. The first-order valence-electron chi connectivity index (χ1n) is 7.48. The van der Waals surface area contributed by atoms with Gasteiger partial charge in [0.05, 0.1) is 6.61 Å². The van der Waals surface area contributed by atoms with E-state index in [1.807, 2.05) is 32.0 Å². The molecule has 0 aliphatic carbocycles. The topological polar surface area (TPSA) is 42.4 Å². The average Bonchev–Trinajstić information content (AvgIpc) is 2.46. The third-order valence-electron chi connectivity index (χ3n) is 3.55. The maximum atomic E-state index is 9.49. The van der Waals surface area contributed by atoms with E-state index in [1.54, 1.807) is 0 Å². The third-order valence-corrected chi connectivity index (χ3v) is 3.55. The molecule has 0 spiro atoms. The predicted molar refractivity (Wildman–Crippen MR) is 84.8 cm³/mol. The Balaban J connectivity index is 2.18. The minimum Gasteiger partial charge on any atom is -0.439 e. The minimum atomic E-state index is -0.0664. The zero-order valence-electron chi connectivity index (χ0n) is 13.0. The van der Waals surface area contributed by atoms with Gasteiger partial charge in [0.2, 0.25) is 5.88 Å². The van der Waals surface area contributed by atoms with Crippen molar-refractivity contribution in [3.8, 4) is 11.6 Å². The molecule has 0 saturated carbocycles. The van der Waals surface area contributed by atoms with Gasteiger partial charge < -0.3 is 9.84 Å². The molecule has 1 aromatic carbocycles. The fourth-order valence-corrected chi connectivity index (χ4v) is 2.32. The van der Waals surface area contributed by atoms with Crippen LogP contribution in [-0.4, -0.2) is 10.1 Å². The number of ether oxygens (including phenoxy) is 1. The van der Waals surface area contributed by atoms with Crippen molar-refractivity contribution in [2.45, 2.75) is 46.6 Å². The standard InChI is InChI=1S/C18H23NO2/c1-4-5-6-15-7-9-16(10-8-15)21-18-17(12-20)13(2)11-14(3)19-18/h7-11,20H,4-6,12H2,1-3H3. The van der Waals surface area contributed by atoms with Crippen LogP contribution in [0, 0.1) is 13.8 Å². The van der Waals surface area contributed by atoms with Gasteiger partial charge in [-0.2, -0.15) is 0 Å². The van der Waals surface area contributed by atoms with Gasteiger partial charge in [-0.25, -0.2) is 4.98 Å². The molecule has 1 aromatic heterocycles. The third kappa shape index (κ3) is 4.05. The van der Waals surface area contributed by atoms with Gasteiger partial charge in [0.25, 0.3) is 0 Å². The van der Waals surface area contributed by atoms with Crippen LogP contribution < -0.4 is 4.74 Å². The maximum Gasteiger partial charge on any atom is 0.225 e. The van der Waals surface area contributed by atoms with Crippen molar-refractivity contribution < 1.29 is 9.84 Å². The Morgan fingerprint density at radius 3 is 2.48 bits per heavy atom. The summed E-state index contributed by atoms with van der Waals surface area (Å²) < 4.78 is 5.85. The summed E-state index contributed by atoms with van der Waals surface area (Å²) in [6.45, 7) is 6.01.